The first-order valence-corrected chi connectivity index (χ1v) is 6.67. The molecule has 0 aliphatic carbocycles. The second-order valence-electron chi connectivity index (χ2n) is 4.88. The number of nitrogens with zero attached hydrogens (tertiary/aromatic N) is 5. The molecular formula is C15H8FN5O2. The maximum atomic E-state index is 13.7. The monoisotopic (exact) mass is 309 g/mol. The number of imide groups is 1. The summed E-state index contributed by atoms with van der Waals surface area (Å²) in [5.74, 6) is -1.59. The number of carbonyl (C=O) groups excluding carboxylic acids is 2. The Hall–Kier alpha value is -3.42. The van der Waals surface area contributed by atoms with Gasteiger partial charge in [-0.15, -0.1) is 5.10 Å². The van der Waals surface area contributed by atoms with E-state index in [4.69, 9.17) is 0 Å². The van der Waals surface area contributed by atoms with Gasteiger partial charge in [0.15, 0.2) is 0 Å². The van der Waals surface area contributed by atoms with E-state index >= 15 is 0 Å². The summed E-state index contributed by atoms with van der Waals surface area (Å²) in [7, 11) is 0. The van der Waals surface area contributed by atoms with Crippen molar-refractivity contribution in [3.05, 3.63) is 65.7 Å². The second-order valence-corrected chi connectivity index (χ2v) is 4.88. The molecule has 7 nitrogen and oxygen atoms in total. The summed E-state index contributed by atoms with van der Waals surface area (Å²) in [4.78, 5) is 26.1. The Labute approximate surface area is 129 Å². The van der Waals surface area contributed by atoms with E-state index in [1.807, 2.05) is 0 Å². The highest BCUT2D eigenvalue weighted by Crippen LogP contribution is 2.32. The summed E-state index contributed by atoms with van der Waals surface area (Å²) in [6.07, 6.45) is 1.30. The van der Waals surface area contributed by atoms with Gasteiger partial charge in [0.1, 0.15) is 12.1 Å². The summed E-state index contributed by atoms with van der Waals surface area (Å²) in [6, 6.07) is 10.2. The summed E-state index contributed by atoms with van der Waals surface area (Å²) in [5.41, 5.74) is 0.975. The van der Waals surface area contributed by atoms with Gasteiger partial charge in [-0.05, 0) is 34.7 Å². The molecule has 0 N–H and O–H groups in total. The van der Waals surface area contributed by atoms with Crippen molar-refractivity contribution in [3.63, 3.8) is 0 Å². The van der Waals surface area contributed by atoms with E-state index in [1.54, 1.807) is 24.3 Å². The molecule has 0 saturated heterocycles. The van der Waals surface area contributed by atoms with Crippen LogP contribution in [0.1, 0.15) is 20.7 Å². The largest absolute Gasteiger partial charge is 0.268 e. The summed E-state index contributed by atoms with van der Waals surface area (Å²) < 4.78 is 15.0. The molecule has 1 aromatic heterocycles. The highest BCUT2D eigenvalue weighted by atomic mass is 19.1. The van der Waals surface area contributed by atoms with Gasteiger partial charge in [-0.2, -0.15) is 4.68 Å². The third-order valence-electron chi connectivity index (χ3n) is 3.57. The standard InChI is InChI=1S/C15H8FN5O2/c16-9-5-6-12(20-8-17-18-19-20)13(7-9)21-14(22)10-3-1-2-4-11(10)15(21)23/h1-8H. The third-order valence-corrected chi connectivity index (χ3v) is 3.57. The first-order chi connectivity index (χ1) is 11.2. The van der Waals surface area contributed by atoms with E-state index < -0.39 is 17.6 Å². The van der Waals surface area contributed by atoms with Crippen LogP contribution in [0.4, 0.5) is 10.1 Å². The number of hydrogen-bond acceptors (Lipinski definition) is 5. The molecule has 4 rings (SSSR count). The Morgan fingerprint density at radius 2 is 1.61 bits per heavy atom. The Balaban J connectivity index is 1.91. The number of amides is 2. The summed E-state index contributed by atoms with van der Waals surface area (Å²) in [6.45, 7) is 0. The number of anilines is 1. The molecule has 1 aliphatic rings. The maximum absolute atomic E-state index is 13.7. The van der Waals surface area contributed by atoms with Crippen LogP contribution in [-0.4, -0.2) is 32.0 Å². The molecule has 112 valence electrons. The fourth-order valence-electron chi connectivity index (χ4n) is 2.55. The average molecular weight is 309 g/mol. The molecule has 2 aromatic carbocycles. The molecule has 0 radical (unpaired) electrons. The zero-order valence-electron chi connectivity index (χ0n) is 11.5. The normalized spacial score (nSPS) is 13.5. The van der Waals surface area contributed by atoms with Crippen molar-refractivity contribution < 1.29 is 14.0 Å². The number of rotatable bonds is 2. The van der Waals surface area contributed by atoms with Crippen LogP contribution in [0.25, 0.3) is 5.69 Å². The lowest BCUT2D eigenvalue weighted by molar-refractivity contribution is 0.0926. The van der Waals surface area contributed by atoms with Crippen molar-refractivity contribution in [2.45, 2.75) is 0 Å². The molecule has 0 fully saturated rings. The number of halogens is 1. The molecule has 23 heavy (non-hydrogen) atoms. The highest BCUT2D eigenvalue weighted by Gasteiger charge is 2.37. The minimum atomic E-state index is -0.576. The number of carbonyl (C=O) groups is 2. The average Bonchev–Trinajstić information content (AvgIpc) is 3.16. The molecule has 0 atom stereocenters. The first-order valence-electron chi connectivity index (χ1n) is 6.67. The van der Waals surface area contributed by atoms with Crippen LogP contribution in [0.5, 0.6) is 0 Å². The number of fused-ring (bicyclic) bond motifs is 1. The fraction of sp³-hybridized carbons (Fsp3) is 0. The quantitative estimate of drug-likeness (QED) is 0.672. The number of benzene rings is 2. The first kappa shape index (κ1) is 13.3. The van der Waals surface area contributed by atoms with E-state index in [2.05, 4.69) is 15.5 Å². The van der Waals surface area contributed by atoms with Gasteiger partial charge in [-0.1, -0.05) is 12.1 Å². The van der Waals surface area contributed by atoms with E-state index in [0.29, 0.717) is 5.69 Å². The molecular weight excluding hydrogens is 301 g/mol. The lowest BCUT2D eigenvalue weighted by Crippen LogP contribution is -2.30. The summed E-state index contributed by atoms with van der Waals surface area (Å²) in [5, 5.41) is 10.8. The van der Waals surface area contributed by atoms with Gasteiger partial charge in [0.05, 0.1) is 22.5 Å². The van der Waals surface area contributed by atoms with Crippen LogP contribution in [0.2, 0.25) is 0 Å². The molecule has 0 saturated carbocycles. The summed E-state index contributed by atoms with van der Waals surface area (Å²) >= 11 is 0. The molecule has 1 aliphatic heterocycles. The predicted molar refractivity (Wildman–Crippen MR) is 76.7 cm³/mol. The molecule has 0 unspecified atom stereocenters. The molecule has 0 bridgehead atoms. The van der Waals surface area contributed by atoms with Gasteiger partial charge < -0.3 is 0 Å². The Kier molecular flexibility index (Phi) is 2.77. The minimum Gasteiger partial charge on any atom is -0.268 e. The van der Waals surface area contributed by atoms with Crippen molar-refractivity contribution in [2.24, 2.45) is 0 Å². The number of tetrazole rings is 1. The van der Waals surface area contributed by atoms with Gasteiger partial charge in [0.2, 0.25) is 0 Å². The van der Waals surface area contributed by atoms with Crippen LogP contribution >= 0.6 is 0 Å². The lowest BCUT2D eigenvalue weighted by atomic mass is 10.1. The van der Waals surface area contributed by atoms with Crippen molar-refractivity contribution in [1.82, 2.24) is 20.2 Å². The van der Waals surface area contributed by atoms with Crippen molar-refractivity contribution in [3.8, 4) is 5.69 Å². The van der Waals surface area contributed by atoms with E-state index in [1.165, 1.54) is 23.1 Å². The highest BCUT2D eigenvalue weighted by molar-refractivity contribution is 6.34. The Morgan fingerprint density at radius 1 is 0.913 bits per heavy atom. The Morgan fingerprint density at radius 3 is 2.22 bits per heavy atom. The van der Waals surface area contributed by atoms with Crippen molar-refractivity contribution in [1.29, 1.82) is 0 Å². The SMILES string of the molecule is O=C1c2ccccc2C(=O)N1c1cc(F)ccc1-n1cnnn1. The molecule has 8 heteroatoms. The topological polar surface area (TPSA) is 81.0 Å². The van der Waals surface area contributed by atoms with Crippen LogP contribution in [0.3, 0.4) is 0 Å². The minimum absolute atomic E-state index is 0.0866. The molecule has 2 heterocycles. The van der Waals surface area contributed by atoms with Crippen LogP contribution < -0.4 is 4.90 Å². The number of hydrogen-bond donors (Lipinski definition) is 0. The molecule has 0 spiro atoms. The van der Waals surface area contributed by atoms with Gasteiger partial charge in [0, 0.05) is 6.07 Å². The number of aromatic nitrogens is 4. The smallest absolute Gasteiger partial charge is 0.266 e. The van der Waals surface area contributed by atoms with Crippen molar-refractivity contribution >= 4 is 17.5 Å². The van der Waals surface area contributed by atoms with Crippen LogP contribution in [0, 0.1) is 5.82 Å². The molecule has 3 aromatic rings. The van der Waals surface area contributed by atoms with Gasteiger partial charge in [0.25, 0.3) is 11.8 Å². The second kappa shape index (κ2) is 4.80. The van der Waals surface area contributed by atoms with E-state index in [-0.39, 0.29) is 16.8 Å². The Bertz CT molecular complexity index is 904. The molecule has 2 amide bonds. The van der Waals surface area contributed by atoms with Gasteiger partial charge in [-0.3, -0.25) is 9.59 Å². The van der Waals surface area contributed by atoms with Crippen LogP contribution in [0.15, 0.2) is 48.8 Å². The van der Waals surface area contributed by atoms with Gasteiger partial charge >= 0.3 is 0 Å². The fourth-order valence-corrected chi connectivity index (χ4v) is 2.55. The van der Waals surface area contributed by atoms with Crippen molar-refractivity contribution in [2.75, 3.05) is 4.90 Å². The predicted octanol–water partition coefficient (Wildman–Crippen LogP) is 1.60. The zero-order valence-corrected chi connectivity index (χ0v) is 11.5. The van der Waals surface area contributed by atoms with E-state index in [9.17, 15) is 14.0 Å². The third kappa shape index (κ3) is 1.92. The van der Waals surface area contributed by atoms with E-state index in [0.717, 1.165) is 11.0 Å². The van der Waals surface area contributed by atoms with Gasteiger partial charge in [-0.25, -0.2) is 9.29 Å². The lowest BCUT2D eigenvalue weighted by Gasteiger charge is -2.17. The maximum Gasteiger partial charge on any atom is 0.266 e. The van der Waals surface area contributed by atoms with Crippen LogP contribution in [-0.2, 0) is 0 Å². The zero-order chi connectivity index (χ0) is 16.0.